The van der Waals surface area contributed by atoms with E-state index in [4.69, 9.17) is 18.8 Å². The van der Waals surface area contributed by atoms with E-state index in [1.807, 2.05) is 32.1 Å². The van der Waals surface area contributed by atoms with Crippen LogP contribution in [0.4, 0.5) is 0 Å². The number of carbonyl (C=O) groups excluding carboxylic acids is 2. The molecular weight excluding hydrogens is 424 g/mol. The number of rotatable bonds is 4. The van der Waals surface area contributed by atoms with Crippen molar-refractivity contribution >= 4 is 11.9 Å². The summed E-state index contributed by atoms with van der Waals surface area (Å²) in [6, 6.07) is 0. The van der Waals surface area contributed by atoms with Gasteiger partial charge in [0.2, 0.25) is 0 Å². The molecule has 1 saturated heterocycles. The van der Waals surface area contributed by atoms with Gasteiger partial charge in [0.15, 0.2) is 0 Å². The summed E-state index contributed by atoms with van der Waals surface area (Å²) in [5.74, 6) is -0.682. The first-order valence-electron chi connectivity index (χ1n) is 7.06. The summed E-state index contributed by atoms with van der Waals surface area (Å²) in [7, 11) is 1.33. The molecule has 0 aromatic heterocycles. The monoisotopic (exact) mass is 446 g/mol. The maximum Gasteiger partial charge on any atom is 0 e. The summed E-state index contributed by atoms with van der Waals surface area (Å²) in [5.41, 5.74) is 0. The Morgan fingerprint density at radius 3 is 1.85 bits per heavy atom. The van der Waals surface area contributed by atoms with Gasteiger partial charge in [-0.15, -0.1) is 0 Å². The maximum atomic E-state index is 11.0. The SMILES string of the molecule is COC(=O)C[C@H]1[CH][CH][CH][C@@H](COC(C)=O)O1.[C-]#[O+].[C-]#[O+].[CH]1[CH][CH][CH][CH]1.[Mo]. The molecule has 0 aromatic rings. The van der Waals surface area contributed by atoms with E-state index in [1.165, 1.54) is 14.0 Å². The van der Waals surface area contributed by atoms with Gasteiger partial charge >= 0.3 is 34.5 Å². The normalized spacial score (nSPS) is 20.1. The summed E-state index contributed by atoms with van der Waals surface area (Å²) < 4.78 is 29.8. The molecule has 1 aliphatic heterocycles. The molecule has 1 aliphatic carbocycles. The fourth-order valence-electron chi connectivity index (χ4n) is 1.61. The average Bonchev–Trinajstić information content (AvgIpc) is 3.23. The quantitative estimate of drug-likeness (QED) is 0.283. The van der Waals surface area contributed by atoms with Gasteiger partial charge < -0.3 is 14.2 Å². The molecule has 1 saturated carbocycles. The van der Waals surface area contributed by atoms with Gasteiger partial charge in [0, 0.05) is 28.0 Å². The zero-order chi connectivity index (χ0) is 19.5. The van der Waals surface area contributed by atoms with Crippen molar-refractivity contribution < 1.29 is 54.2 Å². The summed E-state index contributed by atoms with van der Waals surface area (Å²) in [6.45, 7) is 10.5. The van der Waals surface area contributed by atoms with Crippen LogP contribution in [0.25, 0.3) is 0 Å². The zero-order valence-electron chi connectivity index (χ0n) is 14.5. The van der Waals surface area contributed by atoms with Gasteiger partial charge in [0.05, 0.1) is 25.7 Å². The number of hydrogen-bond donors (Lipinski definition) is 0. The van der Waals surface area contributed by atoms with E-state index in [0.717, 1.165) is 0 Å². The van der Waals surface area contributed by atoms with Gasteiger partial charge in [-0.2, -0.15) is 0 Å². The Bertz CT molecular complexity index is 378. The van der Waals surface area contributed by atoms with Gasteiger partial charge in [-0.05, 0) is 51.4 Å². The number of carbonyl (C=O) groups is 2. The second kappa shape index (κ2) is 22.1. The average molecular weight is 444 g/mol. The molecule has 2 fully saturated rings. The fourth-order valence-corrected chi connectivity index (χ4v) is 1.61. The second-order valence-corrected chi connectivity index (χ2v) is 4.34. The van der Waals surface area contributed by atoms with Crippen molar-refractivity contribution in [3.05, 3.63) is 64.7 Å². The molecule has 0 bridgehead atoms. The summed E-state index contributed by atoms with van der Waals surface area (Å²) in [5, 5.41) is 0. The first-order chi connectivity index (χ1) is 12.1. The number of esters is 2. The van der Waals surface area contributed by atoms with Gasteiger partial charge in [-0.25, -0.2) is 0 Å². The van der Waals surface area contributed by atoms with Gasteiger partial charge in [-0.1, -0.05) is 0 Å². The Hall–Kier alpha value is -0.932. The first kappa shape index (κ1) is 29.8. The van der Waals surface area contributed by atoms with Crippen molar-refractivity contribution in [1.82, 2.24) is 0 Å². The van der Waals surface area contributed by atoms with Crippen molar-refractivity contribution in [3.63, 3.8) is 0 Å². The number of ether oxygens (including phenoxy) is 3. The van der Waals surface area contributed by atoms with E-state index in [2.05, 4.69) is 18.0 Å². The van der Waals surface area contributed by atoms with E-state index in [0.29, 0.717) is 0 Å². The Morgan fingerprint density at radius 2 is 1.42 bits per heavy atom. The van der Waals surface area contributed by atoms with Crippen molar-refractivity contribution in [1.29, 1.82) is 0 Å². The molecule has 0 spiro atoms. The molecule has 8 heteroatoms. The molecular formula is C18H20MoO7. The minimum atomic E-state index is -0.351. The van der Waals surface area contributed by atoms with Crippen LogP contribution in [0.3, 0.4) is 0 Å². The van der Waals surface area contributed by atoms with Gasteiger partial charge in [-0.3, -0.25) is 9.59 Å². The maximum absolute atomic E-state index is 11.0. The van der Waals surface area contributed by atoms with Crippen LogP contribution in [0.1, 0.15) is 13.3 Å². The van der Waals surface area contributed by atoms with Crippen LogP contribution in [0.15, 0.2) is 0 Å². The van der Waals surface area contributed by atoms with Crippen LogP contribution in [-0.2, 0) is 54.2 Å². The molecule has 2 rings (SSSR count). The molecule has 2 aliphatic rings. The molecule has 2 atom stereocenters. The van der Waals surface area contributed by atoms with Crippen LogP contribution in [-0.4, -0.2) is 37.9 Å². The Balaban J connectivity index is -0.000000442. The molecule has 26 heavy (non-hydrogen) atoms. The van der Waals surface area contributed by atoms with Crippen LogP contribution >= 0.6 is 0 Å². The summed E-state index contributed by atoms with van der Waals surface area (Å²) in [6.07, 6.45) is 14.9. The summed E-state index contributed by atoms with van der Waals surface area (Å²) >= 11 is 0. The Labute approximate surface area is 170 Å². The van der Waals surface area contributed by atoms with Gasteiger partial charge in [0.1, 0.15) is 6.61 Å². The predicted octanol–water partition coefficient (Wildman–Crippen LogP) is 1.44. The third-order valence-corrected chi connectivity index (χ3v) is 2.60. The van der Waals surface area contributed by atoms with Crippen molar-refractivity contribution in [3.8, 4) is 0 Å². The van der Waals surface area contributed by atoms with Crippen LogP contribution in [0.5, 0.6) is 0 Å². The Morgan fingerprint density at radius 1 is 0.962 bits per heavy atom. The number of hydrogen-bond acceptors (Lipinski definition) is 5. The molecule has 8 radical (unpaired) electrons. The van der Waals surface area contributed by atoms with E-state index in [9.17, 15) is 9.59 Å². The zero-order valence-corrected chi connectivity index (χ0v) is 16.5. The third kappa shape index (κ3) is 17.9. The van der Waals surface area contributed by atoms with Crippen LogP contribution < -0.4 is 0 Å². The number of methoxy groups -OCH3 is 1. The topological polar surface area (TPSA) is 102 Å². The van der Waals surface area contributed by atoms with E-state index in [1.54, 1.807) is 19.3 Å². The van der Waals surface area contributed by atoms with Crippen molar-refractivity contribution in [2.45, 2.75) is 25.6 Å². The largest absolute Gasteiger partial charge is 0.0312 e. The second-order valence-electron chi connectivity index (χ2n) is 4.34. The standard InChI is InChI=1S/C11H15O5.C5H5.2CO.Mo/c1-8(12)15-7-10-5-3-4-9(16-10)6-11(13)14-2;1-2-4-5-3-1;2*1-2;/h3-5,9-10H,6-7H2,1-2H3;1-5H;;;/t9-,10+;;;;/m1..../s1. The molecule has 0 amide bonds. The molecule has 0 N–H and O–H groups in total. The fraction of sp³-hybridized carbons (Fsp3) is 0.333. The molecule has 140 valence electrons. The van der Waals surface area contributed by atoms with Crippen LogP contribution in [0.2, 0.25) is 0 Å². The third-order valence-electron chi connectivity index (χ3n) is 2.60. The first-order valence-corrected chi connectivity index (χ1v) is 7.06. The van der Waals surface area contributed by atoms with E-state index >= 15 is 0 Å². The smallest absolute Gasteiger partial charge is 0 e. The Kier molecular flexibility index (Phi) is 25.4. The minimum absolute atomic E-state index is 0. The molecule has 7 nitrogen and oxygen atoms in total. The minimum Gasteiger partial charge on any atom is -0.0312 e. The molecule has 0 unspecified atom stereocenters. The van der Waals surface area contributed by atoms with E-state index < -0.39 is 0 Å². The molecule has 0 aromatic carbocycles. The summed E-state index contributed by atoms with van der Waals surface area (Å²) in [4.78, 5) is 21.6. The molecule has 1 heterocycles. The van der Waals surface area contributed by atoms with Crippen molar-refractivity contribution in [2.75, 3.05) is 13.7 Å². The van der Waals surface area contributed by atoms with Gasteiger partial charge in [0.25, 0.3) is 0 Å². The van der Waals surface area contributed by atoms with E-state index in [-0.39, 0.29) is 58.2 Å². The predicted molar refractivity (Wildman–Crippen MR) is 84.2 cm³/mol. The van der Waals surface area contributed by atoms with Crippen molar-refractivity contribution in [2.24, 2.45) is 0 Å². The van der Waals surface area contributed by atoms with Crippen LogP contribution in [0, 0.1) is 64.7 Å².